The van der Waals surface area contributed by atoms with Crippen LogP contribution >= 0.6 is 0 Å². The van der Waals surface area contributed by atoms with Crippen LogP contribution in [0.2, 0.25) is 0 Å². The van der Waals surface area contributed by atoms with E-state index in [0.29, 0.717) is 23.0 Å². The fraction of sp³-hybridized carbons (Fsp3) is 0.185. The molecule has 1 N–H and O–H groups in total. The first-order valence-electron chi connectivity index (χ1n) is 11.2. The van der Waals surface area contributed by atoms with Crippen molar-refractivity contribution in [3.8, 4) is 17.2 Å². The second kappa shape index (κ2) is 8.16. The zero-order valence-electron chi connectivity index (χ0n) is 19.4. The van der Waals surface area contributed by atoms with Crippen LogP contribution in [0.4, 0.5) is 10.3 Å². The van der Waals surface area contributed by atoms with Crippen LogP contribution in [0.3, 0.4) is 0 Å². The molecule has 2 aliphatic heterocycles. The highest BCUT2D eigenvalue weighted by molar-refractivity contribution is 5.85. The highest BCUT2D eigenvalue weighted by atomic mass is 19.1. The van der Waals surface area contributed by atoms with Gasteiger partial charge in [-0.05, 0) is 54.4 Å². The van der Waals surface area contributed by atoms with Gasteiger partial charge in [-0.2, -0.15) is 10.1 Å². The van der Waals surface area contributed by atoms with Crippen molar-refractivity contribution >= 4 is 11.6 Å². The van der Waals surface area contributed by atoms with Gasteiger partial charge in [0, 0.05) is 11.1 Å². The highest BCUT2D eigenvalue weighted by Gasteiger charge is 2.41. The summed E-state index contributed by atoms with van der Waals surface area (Å²) in [6, 6.07) is 17.9. The minimum Gasteiger partial charge on any atom is -0.493 e. The Kier molecular flexibility index (Phi) is 4.95. The van der Waals surface area contributed by atoms with Gasteiger partial charge in [0.25, 0.3) is 0 Å². The summed E-state index contributed by atoms with van der Waals surface area (Å²) in [6.45, 7) is 2.04. The molecule has 0 unspecified atom stereocenters. The number of fused-ring (bicyclic) bond motifs is 3. The number of anilines is 1. The Hall–Kier alpha value is -4.33. The zero-order valence-corrected chi connectivity index (χ0v) is 19.4. The molecule has 0 spiro atoms. The average Bonchev–Trinajstić information content (AvgIpc) is 3.35. The Morgan fingerprint density at radius 3 is 2.63 bits per heavy atom. The van der Waals surface area contributed by atoms with Gasteiger partial charge in [-0.3, -0.25) is 0 Å². The maximum atomic E-state index is 14.3. The number of nitrogens with one attached hydrogen (secondary N) is 1. The second-order valence-electron chi connectivity index (χ2n) is 8.55. The third-order valence-corrected chi connectivity index (χ3v) is 6.44. The van der Waals surface area contributed by atoms with Crippen molar-refractivity contribution in [1.29, 1.82) is 0 Å². The molecule has 3 heterocycles. The Bertz CT molecular complexity index is 1480. The molecule has 1 aromatic heterocycles. The van der Waals surface area contributed by atoms with Crippen molar-refractivity contribution < 1.29 is 18.6 Å². The van der Waals surface area contributed by atoms with Crippen molar-refractivity contribution in [1.82, 2.24) is 14.8 Å². The third-order valence-electron chi connectivity index (χ3n) is 6.44. The van der Waals surface area contributed by atoms with E-state index < -0.39 is 6.10 Å². The summed E-state index contributed by atoms with van der Waals surface area (Å²) in [6.07, 6.45) is 0.961. The number of ether oxygens (including phenoxy) is 3. The fourth-order valence-electron chi connectivity index (χ4n) is 4.87. The predicted molar refractivity (Wildman–Crippen MR) is 129 cm³/mol. The number of halogens is 1. The quantitative estimate of drug-likeness (QED) is 0.436. The molecule has 0 aliphatic carbocycles. The molecule has 0 radical (unpaired) electrons. The summed E-state index contributed by atoms with van der Waals surface area (Å²) in [5.41, 5.74) is 5.42. The van der Waals surface area contributed by atoms with Crippen LogP contribution in [0, 0.1) is 12.7 Å². The number of nitrogens with zero attached hydrogens (tertiary/aromatic N) is 3. The van der Waals surface area contributed by atoms with Crippen LogP contribution in [0.1, 0.15) is 34.4 Å². The number of hydrogen-bond donors (Lipinski definition) is 1. The van der Waals surface area contributed by atoms with E-state index in [9.17, 15) is 4.39 Å². The highest BCUT2D eigenvalue weighted by Crippen LogP contribution is 2.51. The minimum absolute atomic E-state index is 0.323. The summed E-state index contributed by atoms with van der Waals surface area (Å²) >= 11 is 0. The van der Waals surface area contributed by atoms with Crippen LogP contribution in [0.25, 0.3) is 5.70 Å². The smallest absolute Gasteiger partial charge is 0.226 e. The van der Waals surface area contributed by atoms with Crippen LogP contribution < -0.4 is 19.5 Å². The SMILES string of the molecule is COc1ccc([C@@H]2C3=C(Nc4ncnn42)c2cc(C)ccc2O[C@H]3c2cccc(F)c2)cc1OC. The Morgan fingerprint density at radius 1 is 0.971 bits per heavy atom. The Balaban J connectivity index is 1.63. The molecule has 0 saturated heterocycles. The van der Waals surface area contributed by atoms with Crippen LogP contribution in [-0.2, 0) is 0 Å². The lowest BCUT2D eigenvalue weighted by Gasteiger charge is -2.39. The van der Waals surface area contributed by atoms with E-state index in [0.717, 1.165) is 33.7 Å². The molecule has 0 saturated carbocycles. The lowest BCUT2D eigenvalue weighted by molar-refractivity contribution is 0.222. The Labute approximate surface area is 201 Å². The van der Waals surface area contributed by atoms with Crippen LogP contribution in [0.15, 0.2) is 72.6 Å². The van der Waals surface area contributed by atoms with Gasteiger partial charge in [-0.15, -0.1) is 0 Å². The van der Waals surface area contributed by atoms with E-state index in [1.54, 1.807) is 20.3 Å². The molecule has 0 bridgehead atoms. The van der Waals surface area contributed by atoms with E-state index in [1.807, 2.05) is 48.0 Å². The van der Waals surface area contributed by atoms with Gasteiger partial charge >= 0.3 is 0 Å². The molecule has 6 rings (SSSR count). The molecule has 3 aromatic carbocycles. The van der Waals surface area contributed by atoms with Gasteiger partial charge < -0.3 is 19.5 Å². The first-order chi connectivity index (χ1) is 17.1. The molecule has 35 heavy (non-hydrogen) atoms. The monoisotopic (exact) mass is 470 g/mol. The van der Waals surface area contributed by atoms with E-state index in [1.165, 1.54) is 18.5 Å². The summed E-state index contributed by atoms with van der Waals surface area (Å²) in [7, 11) is 3.21. The normalized spacial score (nSPS) is 18.1. The molecular formula is C27H23FN4O3. The van der Waals surface area contributed by atoms with Crippen molar-refractivity contribution in [3.63, 3.8) is 0 Å². The molecule has 176 valence electrons. The first-order valence-corrected chi connectivity index (χ1v) is 11.2. The van der Waals surface area contributed by atoms with Gasteiger partial charge in [-0.1, -0.05) is 29.8 Å². The molecule has 2 atom stereocenters. The second-order valence-corrected chi connectivity index (χ2v) is 8.55. The van der Waals surface area contributed by atoms with Crippen LogP contribution in [0.5, 0.6) is 17.2 Å². The van der Waals surface area contributed by atoms with Gasteiger partial charge in [0.2, 0.25) is 5.95 Å². The molecular weight excluding hydrogens is 447 g/mol. The average molecular weight is 471 g/mol. The maximum Gasteiger partial charge on any atom is 0.226 e. The number of rotatable bonds is 4. The minimum atomic E-state index is -0.557. The molecule has 7 nitrogen and oxygen atoms in total. The zero-order chi connectivity index (χ0) is 24.1. The van der Waals surface area contributed by atoms with Crippen LogP contribution in [-0.4, -0.2) is 29.0 Å². The fourth-order valence-corrected chi connectivity index (χ4v) is 4.87. The molecule has 8 heteroatoms. The van der Waals surface area contributed by atoms with Gasteiger partial charge in [0.1, 0.15) is 30.0 Å². The molecule has 0 amide bonds. The standard InChI is InChI=1S/C27H23FN4O3/c1-15-7-9-20-19(11-15)24-23(26(35-20)17-5-4-6-18(28)12-17)25(32-27(31-24)29-14-30-32)16-8-10-21(33-2)22(13-16)34-3/h4-14,25-26H,1-3H3,(H,29,30,31)/t25-,26+/m1/s1. The van der Waals surface area contributed by atoms with E-state index in [4.69, 9.17) is 14.2 Å². The number of aryl methyl sites for hydroxylation is 1. The van der Waals surface area contributed by atoms with Crippen molar-refractivity contribution in [2.75, 3.05) is 19.5 Å². The predicted octanol–water partition coefficient (Wildman–Crippen LogP) is 5.30. The number of aromatic nitrogens is 3. The lowest BCUT2D eigenvalue weighted by Crippen LogP contribution is -2.32. The Morgan fingerprint density at radius 2 is 1.83 bits per heavy atom. The number of hydrogen-bond acceptors (Lipinski definition) is 6. The van der Waals surface area contributed by atoms with E-state index in [-0.39, 0.29) is 11.9 Å². The van der Waals surface area contributed by atoms with Gasteiger partial charge in [-0.25, -0.2) is 9.07 Å². The maximum absolute atomic E-state index is 14.3. The van der Waals surface area contributed by atoms with E-state index >= 15 is 0 Å². The van der Waals surface area contributed by atoms with Crippen molar-refractivity contribution in [2.45, 2.75) is 19.1 Å². The lowest BCUT2D eigenvalue weighted by atomic mass is 9.84. The van der Waals surface area contributed by atoms with Gasteiger partial charge in [0.15, 0.2) is 11.5 Å². The first kappa shape index (κ1) is 21.2. The third kappa shape index (κ3) is 3.41. The molecule has 2 aliphatic rings. The summed E-state index contributed by atoms with van der Waals surface area (Å²) in [5, 5.41) is 8.00. The van der Waals surface area contributed by atoms with Gasteiger partial charge in [0.05, 0.1) is 19.9 Å². The summed E-state index contributed by atoms with van der Waals surface area (Å²) in [4.78, 5) is 4.46. The summed E-state index contributed by atoms with van der Waals surface area (Å²) < 4.78 is 33.8. The van der Waals surface area contributed by atoms with E-state index in [2.05, 4.69) is 21.5 Å². The number of methoxy groups -OCH3 is 2. The number of benzene rings is 3. The van der Waals surface area contributed by atoms with Crippen molar-refractivity contribution in [2.24, 2.45) is 0 Å². The van der Waals surface area contributed by atoms with Crippen molar-refractivity contribution in [3.05, 3.63) is 101 Å². The topological polar surface area (TPSA) is 70.4 Å². The largest absolute Gasteiger partial charge is 0.493 e. The molecule has 4 aromatic rings. The molecule has 0 fully saturated rings. The summed E-state index contributed by atoms with van der Waals surface area (Å²) in [5.74, 6) is 2.23.